The van der Waals surface area contributed by atoms with E-state index in [1.807, 2.05) is 0 Å². The topological polar surface area (TPSA) is 74.2 Å². The minimum atomic E-state index is -0.343. The van der Waals surface area contributed by atoms with Crippen LogP contribution in [0.3, 0.4) is 0 Å². The molecule has 0 spiro atoms. The van der Waals surface area contributed by atoms with Crippen LogP contribution in [-0.4, -0.2) is 23.8 Å². The third kappa shape index (κ3) is 2.61. The van der Waals surface area contributed by atoms with E-state index in [1.165, 1.54) is 38.5 Å². The number of ether oxygens (including phenoxy) is 1. The van der Waals surface area contributed by atoms with Crippen LogP contribution in [-0.2, 0) is 15.8 Å². The molecule has 1 aromatic rings. The van der Waals surface area contributed by atoms with Gasteiger partial charge in [0.15, 0.2) is 0 Å². The maximum absolute atomic E-state index is 6.06. The van der Waals surface area contributed by atoms with E-state index in [-0.39, 0.29) is 11.0 Å². The van der Waals surface area contributed by atoms with Crippen molar-refractivity contribution < 1.29 is 9.26 Å². The highest BCUT2D eigenvalue weighted by Gasteiger charge is 2.42. The molecule has 3 rings (SSSR count). The lowest BCUT2D eigenvalue weighted by Crippen LogP contribution is -2.38. The molecule has 5 nitrogen and oxygen atoms in total. The Hall–Kier alpha value is -0.940. The Morgan fingerprint density at radius 3 is 2.24 bits per heavy atom. The molecule has 2 saturated carbocycles. The molecule has 2 aliphatic rings. The maximum Gasteiger partial charge on any atom is 0.234 e. The minimum absolute atomic E-state index is 0.104. The number of rotatable bonds is 4. The van der Waals surface area contributed by atoms with Gasteiger partial charge in [0.05, 0.1) is 5.41 Å². The van der Waals surface area contributed by atoms with Gasteiger partial charge in [0, 0.05) is 13.7 Å². The number of hydrogen-bond donors (Lipinski definition) is 1. The molecular formula is C16H27N3O2. The van der Waals surface area contributed by atoms with Gasteiger partial charge in [-0.2, -0.15) is 4.98 Å². The van der Waals surface area contributed by atoms with Crippen molar-refractivity contribution in [3.8, 4) is 0 Å². The SMILES string of the molecule is COC1(c2noc(C3(CN)CCCCC3)n2)CCCCC1. The first-order valence-corrected chi connectivity index (χ1v) is 8.35. The van der Waals surface area contributed by atoms with Crippen LogP contribution in [0.1, 0.15) is 75.9 Å². The Labute approximate surface area is 126 Å². The Morgan fingerprint density at radius 1 is 1.05 bits per heavy atom. The number of aromatic nitrogens is 2. The van der Waals surface area contributed by atoms with Crippen molar-refractivity contribution in [2.75, 3.05) is 13.7 Å². The molecule has 2 fully saturated rings. The van der Waals surface area contributed by atoms with Crippen LogP contribution in [0.5, 0.6) is 0 Å². The van der Waals surface area contributed by atoms with E-state index in [1.54, 1.807) is 7.11 Å². The molecule has 0 amide bonds. The zero-order chi connectivity index (χ0) is 14.8. The van der Waals surface area contributed by atoms with Crippen LogP contribution in [0.4, 0.5) is 0 Å². The van der Waals surface area contributed by atoms with Gasteiger partial charge < -0.3 is 15.0 Å². The molecule has 1 aromatic heterocycles. The van der Waals surface area contributed by atoms with E-state index >= 15 is 0 Å². The molecule has 2 aliphatic carbocycles. The molecule has 0 atom stereocenters. The van der Waals surface area contributed by atoms with Gasteiger partial charge in [-0.25, -0.2) is 0 Å². The van der Waals surface area contributed by atoms with Gasteiger partial charge in [-0.15, -0.1) is 0 Å². The second kappa shape index (κ2) is 6.05. The molecule has 0 aliphatic heterocycles. The first-order chi connectivity index (χ1) is 10.2. The van der Waals surface area contributed by atoms with Crippen LogP contribution < -0.4 is 5.73 Å². The molecule has 5 heteroatoms. The highest BCUT2D eigenvalue weighted by Crippen LogP contribution is 2.41. The fourth-order valence-corrected chi connectivity index (χ4v) is 4.00. The Balaban J connectivity index is 1.88. The average molecular weight is 293 g/mol. The van der Waals surface area contributed by atoms with Crippen molar-refractivity contribution in [3.63, 3.8) is 0 Å². The summed E-state index contributed by atoms with van der Waals surface area (Å²) in [6, 6.07) is 0. The Kier molecular flexibility index (Phi) is 4.31. The quantitative estimate of drug-likeness (QED) is 0.923. The standard InChI is InChI=1S/C16H27N3O2/c1-20-16(10-6-3-7-11-16)13-18-14(21-19-13)15(12-17)8-4-2-5-9-15/h2-12,17H2,1H3. The molecule has 118 valence electrons. The van der Waals surface area contributed by atoms with Crippen LogP contribution in [0, 0.1) is 0 Å². The predicted molar refractivity (Wildman–Crippen MR) is 79.9 cm³/mol. The number of methoxy groups -OCH3 is 1. The van der Waals surface area contributed by atoms with Crippen LogP contribution in [0.25, 0.3) is 0 Å². The summed E-state index contributed by atoms with van der Waals surface area (Å²) in [5, 5.41) is 4.28. The lowest BCUT2D eigenvalue weighted by atomic mass is 9.74. The smallest absolute Gasteiger partial charge is 0.234 e. The Bertz CT molecular complexity index is 419. The molecule has 0 aromatic carbocycles. The zero-order valence-corrected chi connectivity index (χ0v) is 13.1. The van der Waals surface area contributed by atoms with Crippen molar-refractivity contribution in [1.82, 2.24) is 10.1 Å². The normalized spacial score (nSPS) is 24.9. The molecule has 1 heterocycles. The highest BCUT2D eigenvalue weighted by molar-refractivity contribution is 5.11. The monoisotopic (exact) mass is 293 g/mol. The van der Waals surface area contributed by atoms with Crippen LogP contribution >= 0.6 is 0 Å². The van der Waals surface area contributed by atoms with Gasteiger partial charge in [-0.05, 0) is 25.7 Å². The molecule has 0 radical (unpaired) electrons. The van der Waals surface area contributed by atoms with Crippen molar-refractivity contribution in [1.29, 1.82) is 0 Å². The van der Waals surface area contributed by atoms with Crippen molar-refractivity contribution in [2.45, 2.75) is 75.2 Å². The summed E-state index contributed by atoms with van der Waals surface area (Å²) in [6.45, 7) is 0.592. The summed E-state index contributed by atoms with van der Waals surface area (Å²) in [5.41, 5.74) is 5.62. The van der Waals surface area contributed by atoms with E-state index < -0.39 is 0 Å². The highest BCUT2D eigenvalue weighted by atomic mass is 16.5. The summed E-state index contributed by atoms with van der Waals surface area (Å²) < 4.78 is 11.5. The first-order valence-electron chi connectivity index (χ1n) is 8.35. The first kappa shape index (κ1) is 15.0. The van der Waals surface area contributed by atoms with Crippen LogP contribution in [0.2, 0.25) is 0 Å². The lowest BCUT2D eigenvalue weighted by Gasteiger charge is -2.33. The van der Waals surface area contributed by atoms with E-state index in [0.717, 1.165) is 37.4 Å². The summed E-state index contributed by atoms with van der Waals surface area (Å²) in [7, 11) is 1.76. The van der Waals surface area contributed by atoms with E-state index in [4.69, 9.17) is 20.0 Å². The third-order valence-electron chi connectivity index (χ3n) is 5.54. The van der Waals surface area contributed by atoms with E-state index in [0.29, 0.717) is 6.54 Å². The molecular weight excluding hydrogens is 266 g/mol. The minimum Gasteiger partial charge on any atom is -0.370 e. The summed E-state index contributed by atoms with van der Waals surface area (Å²) in [4.78, 5) is 4.76. The number of nitrogens with two attached hydrogens (primary N) is 1. The van der Waals surface area contributed by atoms with Gasteiger partial charge in [-0.1, -0.05) is 43.7 Å². The van der Waals surface area contributed by atoms with Crippen LogP contribution in [0.15, 0.2) is 4.52 Å². The van der Waals surface area contributed by atoms with Crippen molar-refractivity contribution >= 4 is 0 Å². The molecule has 21 heavy (non-hydrogen) atoms. The van der Waals surface area contributed by atoms with Gasteiger partial charge >= 0.3 is 0 Å². The third-order valence-corrected chi connectivity index (χ3v) is 5.54. The molecule has 0 unspecified atom stereocenters. The fraction of sp³-hybridized carbons (Fsp3) is 0.875. The van der Waals surface area contributed by atoms with Gasteiger partial charge in [0.2, 0.25) is 11.7 Å². The second-order valence-corrected chi connectivity index (χ2v) is 6.73. The second-order valence-electron chi connectivity index (χ2n) is 6.73. The van der Waals surface area contributed by atoms with E-state index in [9.17, 15) is 0 Å². The molecule has 2 N–H and O–H groups in total. The zero-order valence-electron chi connectivity index (χ0n) is 13.1. The van der Waals surface area contributed by atoms with E-state index in [2.05, 4.69) is 5.16 Å². The van der Waals surface area contributed by atoms with Gasteiger partial charge in [0.1, 0.15) is 5.60 Å². The average Bonchev–Trinajstić information content (AvgIpc) is 3.07. The molecule has 0 saturated heterocycles. The predicted octanol–water partition coefficient (Wildman–Crippen LogP) is 3.04. The largest absolute Gasteiger partial charge is 0.370 e. The lowest BCUT2D eigenvalue weighted by molar-refractivity contribution is -0.0527. The summed E-state index contributed by atoms with van der Waals surface area (Å²) in [6.07, 6.45) is 11.4. The number of nitrogens with zero attached hydrogens (tertiary/aromatic N) is 2. The number of hydrogen-bond acceptors (Lipinski definition) is 5. The van der Waals surface area contributed by atoms with Gasteiger partial charge in [0.25, 0.3) is 0 Å². The van der Waals surface area contributed by atoms with Crippen molar-refractivity contribution in [2.24, 2.45) is 5.73 Å². The molecule has 0 bridgehead atoms. The fourth-order valence-electron chi connectivity index (χ4n) is 4.00. The van der Waals surface area contributed by atoms with Crippen molar-refractivity contribution in [3.05, 3.63) is 11.7 Å². The van der Waals surface area contributed by atoms with Gasteiger partial charge in [-0.3, -0.25) is 0 Å². The summed E-state index contributed by atoms with van der Waals surface area (Å²) in [5.74, 6) is 1.47. The maximum atomic E-state index is 6.06. The summed E-state index contributed by atoms with van der Waals surface area (Å²) >= 11 is 0. The Morgan fingerprint density at radius 2 is 1.67 bits per heavy atom.